The molecule has 0 unspecified atom stereocenters. The molecule has 33 heavy (non-hydrogen) atoms. The third-order valence-corrected chi connectivity index (χ3v) is 7.45. The van der Waals surface area contributed by atoms with Crippen LogP contribution >= 0.6 is 0 Å². The Morgan fingerprint density at radius 2 is 2.06 bits per heavy atom. The summed E-state index contributed by atoms with van der Waals surface area (Å²) in [6, 6.07) is 17.1. The largest absolute Gasteiger partial charge is 0.378 e. The van der Waals surface area contributed by atoms with Crippen molar-refractivity contribution in [1.29, 1.82) is 5.26 Å². The van der Waals surface area contributed by atoms with E-state index in [1.54, 1.807) is 6.20 Å². The summed E-state index contributed by atoms with van der Waals surface area (Å²) in [5.41, 5.74) is 6.18. The lowest BCUT2D eigenvalue weighted by Gasteiger charge is -2.43. The van der Waals surface area contributed by atoms with Crippen LogP contribution in [0.5, 0.6) is 0 Å². The summed E-state index contributed by atoms with van der Waals surface area (Å²) < 4.78 is 14.2. The van der Waals surface area contributed by atoms with Crippen LogP contribution in [-0.2, 0) is 6.54 Å². The van der Waals surface area contributed by atoms with Gasteiger partial charge in [-0.15, -0.1) is 0 Å². The molecule has 2 saturated heterocycles. The number of hydrogen-bond acceptors (Lipinski definition) is 6. The average molecular weight is 443 g/mol. The predicted molar refractivity (Wildman–Crippen MR) is 128 cm³/mol. The second-order valence-corrected chi connectivity index (χ2v) is 9.38. The number of alkyl halides is 1. The van der Waals surface area contributed by atoms with Gasteiger partial charge in [0.05, 0.1) is 23.2 Å². The highest BCUT2D eigenvalue weighted by atomic mass is 19.1. The summed E-state index contributed by atoms with van der Waals surface area (Å²) in [7, 11) is 0. The van der Waals surface area contributed by atoms with Crippen molar-refractivity contribution < 1.29 is 4.39 Å². The van der Waals surface area contributed by atoms with Crippen LogP contribution in [-0.4, -0.2) is 54.3 Å². The maximum Gasteiger partial charge on any atom is 0.134 e. The van der Waals surface area contributed by atoms with Crippen molar-refractivity contribution in [2.75, 3.05) is 36.4 Å². The summed E-state index contributed by atoms with van der Waals surface area (Å²) in [4.78, 5) is 9.49. The SMILES string of the molecule is C[C@@H]1CN(c2ccc(C#N)c3ncccc23)C[C@@H]2c3cccc(N[C@H]4CNC[C@H]4F)c3CN12. The molecule has 2 fully saturated rings. The number of aromatic nitrogens is 1. The fourth-order valence-corrected chi connectivity index (χ4v) is 5.78. The predicted octanol–water partition coefficient (Wildman–Crippen LogP) is 3.59. The first kappa shape index (κ1) is 20.4. The molecule has 4 heterocycles. The Morgan fingerprint density at radius 1 is 1.15 bits per heavy atom. The standard InChI is InChI=1S/C26H27FN6/c1-16-13-32(24-8-7-17(10-28)26-19(24)5-3-9-30-26)15-25-18-4-2-6-22(20(18)14-33(16)25)31-23-12-29-11-21(23)27/h2-9,16,21,23,25,29,31H,11-15H2,1H3/t16-,21-,23+,25-/m1/s1. The Labute approximate surface area is 193 Å². The summed E-state index contributed by atoms with van der Waals surface area (Å²) >= 11 is 0. The highest BCUT2D eigenvalue weighted by molar-refractivity contribution is 5.95. The highest BCUT2D eigenvalue weighted by Gasteiger charge is 2.40. The van der Waals surface area contributed by atoms with Gasteiger partial charge in [0, 0.05) is 61.7 Å². The monoisotopic (exact) mass is 442 g/mol. The minimum Gasteiger partial charge on any atom is -0.378 e. The number of piperazine rings is 1. The molecule has 7 heteroatoms. The van der Waals surface area contributed by atoms with Gasteiger partial charge >= 0.3 is 0 Å². The van der Waals surface area contributed by atoms with Crippen LogP contribution in [0.15, 0.2) is 48.7 Å². The molecule has 4 atom stereocenters. The first-order valence-electron chi connectivity index (χ1n) is 11.7. The zero-order chi connectivity index (χ0) is 22.5. The van der Waals surface area contributed by atoms with Gasteiger partial charge < -0.3 is 15.5 Å². The maximum atomic E-state index is 14.2. The minimum absolute atomic E-state index is 0.180. The first-order valence-corrected chi connectivity index (χ1v) is 11.7. The summed E-state index contributed by atoms with van der Waals surface area (Å²) in [5, 5.41) is 17.1. The number of fused-ring (bicyclic) bond motifs is 4. The number of nitriles is 1. The Kier molecular flexibility index (Phi) is 4.93. The topological polar surface area (TPSA) is 67.2 Å². The first-order chi connectivity index (χ1) is 16.1. The second-order valence-electron chi connectivity index (χ2n) is 9.38. The van der Waals surface area contributed by atoms with Crippen LogP contribution in [0.3, 0.4) is 0 Å². The molecule has 6 rings (SSSR count). The Morgan fingerprint density at radius 3 is 2.88 bits per heavy atom. The molecular formula is C26H27FN6. The van der Waals surface area contributed by atoms with Crippen LogP contribution in [0.4, 0.5) is 15.8 Å². The summed E-state index contributed by atoms with van der Waals surface area (Å²) in [5.74, 6) is 0. The fraction of sp³-hybridized carbons (Fsp3) is 0.385. The van der Waals surface area contributed by atoms with Crippen molar-refractivity contribution in [1.82, 2.24) is 15.2 Å². The Hall–Kier alpha value is -3.21. The van der Waals surface area contributed by atoms with Gasteiger partial charge in [-0.2, -0.15) is 5.26 Å². The van der Waals surface area contributed by atoms with Gasteiger partial charge in [0.2, 0.25) is 0 Å². The van der Waals surface area contributed by atoms with Gasteiger partial charge in [0.1, 0.15) is 12.2 Å². The maximum absolute atomic E-state index is 14.2. The molecule has 3 aliphatic heterocycles. The number of anilines is 2. The number of pyridine rings is 1. The van der Waals surface area contributed by atoms with E-state index in [0.29, 0.717) is 24.7 Å². The van der Waals surface area contributed by atoms with E-state index in [0.717, 1.165) is 41.9 Å². The molecule has 168 valence electrons. The van der Waals surface area contributed by atoms with E-state index in [1.807, 2.05) is 12.1 Å². The molecule has 0 bridgehead atoms. The van der Waals surface area contributed by atoms with Crippen LogP contribution in [0, 0.1) is 11.3 Å². The van der Waals surface area contributed by atoms with Crippen molar-refractivity contribution in [2.45, 2.75) is 37.8 Å². The second kappa shape index (κ2) is 7.98. The highest BCUT2D eigenvalue weighted by Crippen LogP contribution is 2.43. The molecule has 2 N–H and O–H groups in total. The quantitative estimate of drug-likeness (QED) is 0.646. The molecule has 0 amide bonds. The van der Waals surface area contributed by atoms with E-state index in [-0.39, 0.29) is 12.1 Å². The average Bonchev–Trinajstić information content (AvgIpc) is 3.42. The van der Waals surface area contributed by atoms with Crippen LogP contribution in [0.2, 0.25) is 0 Å². The third-order valence-electron chi connectivity index (χ3n) is 7.45. The zero-order valence-electron chi connectivity index (χ0n) is 18.6. The van der Waals surface area contributed by atoms with E-state index in [1.165, 1.54) is 11.1 Å². The molecule has 0 spiro atoms. The van der Waals surface area contributed by atoms with Crippen LogP contribution in [0.1, 0.15) is 29.7 Å². The molecule has 1 aromatic heterocycles. The van der Waals surface area contributed by atoms with Gasteiger partial charge in [-0.3, -0.25) is 9.88 Å². The van der Waals surface area contributed by atoms with Crippen molar-refractivity contribution in [3.63, 3.8) is 0 Å². The number of nitrogens with zero attached hydrogens (tertiary/aromatic N) is 4. The van der Waals surface area contributed by atoms with Crippen molar-refractivity contribution in [2.24, 2.45) is 0 Å². The van der Waals surface area contributed by atoms with Gasteiger partial charge in [0.25, 0.3) is 0 Å². The van der Waals surface area contributed by atoms with E-state index in [2.05, 4.69) is 68.7 Å². The lowest BCUT2D eigenvalue weighted by Crippen LogP contribution is -2.51. The van der Waals surface area contributed by atoms with E-state index >= 15 is 0 Å². The minimum atomic E-state index is -0.863. The number of halogens is 1. The summed E-state index contributed by atoms with van der Waals surface area (Å²) in [6.45, 7) is 6.00. The van der Waals surface area contributed by atoms with Gasteiger partial charge in [0.15, 0.2) is 0 Å². The Bertz CT molecular complexity index is 1250. The fourth-order valence-electron chi connectivity index (χ4n) is 5.78. The van der Waals surface area contributed by atoms with Gasteiger partial charge in [-0.25, -0.2) is 4.39 Å². The molecular weight excluding hydrogens is 415 g/mol. The van der Waals surface area contributed by atoms with Crippen molar-refractivity contribution >= 4 is 22.3 Å². The molecule has 2 aromatic carbocycles. The van der Waals surface area contributed by atoms with Gasteiger partial charge in [-0.1, -0.05) is 12.1 Å². The third kappa shape index (κ3) is 3.33. The number of nitrogens with one attached hydrogen (secondary N) is 2. The number of benzene rings is 2. The van der Waals surface area contributed by atoms with E-state index < -0.39 is 6.17 Å². The van der Waals surface area contributed by atoms with Crippen LogP contribution < -0.4 is 15.5 Å². The number of rotatable bonds is 3. The molecule has 0 aliphatic carbocycles. The van der Waals surface area contributed by atoms with Gasteiger partial charge in [-0.05, 0) is 48.4 Å². The molecule has 0 saturated carbocycles. The lowest BCUT2D eigenvalue weighted by atomic mass is 9.99. The molecule has 3 aromatic rings. The Balaban J connectivity index is 1.34. The molecule has 6 nitrogen and oxygen atoms in total. The number of hydrogen-bond donors (Lipinski definition) is 2. The smallest absolute Gasteiger partial charge is 0.134 e. The van der Waals surface area contributed by atoms with E-state index in [9.17, 15) is 9.65 Å². The molecule has 3 aliphatic rings. The zero-order valence-corrected chi connectivity index (χ0v) is 18.6. The van der Waals surface area contributed by atoms with Crippen molar-refractivity contribution in [3.8, 4) is 6.07 Å². The lowest BCUT2D eigenvalue weighted by molar-refractivity contribution is 0.134. The normalized spacial score (nSPS) is 26.8. The summed E-state index contributed by atoms with van der Waals surface area (Å²) in [6.07, 6.45) is 0.884. The molecule has 0 radical (unpaired) electrons. The van der Waals surface area contributed by atoms with Crippen molar-refractivity contribution in [3.05, 3.63) is 65.4 Å². The van der Waals surface area contributed by atoms with E-state index in [4.69, 9.17) is 0 Å². The van der Waals surface area contributed by atoms with Crippen LogP contribution in [0.25, 0.3) is 10.9 Å².